The maximum atomic E-state index is 12.9. The molecule has 2 unspecified atom stereocenters. The van der Waals surface area contributed by atoms with Gasteiger partial charge in [-0.1, -0.05) is 24.3 Å². The lowest BCUT2D eigenvalue weighted by molar-refractivity contribution is -0.130. The van der Waals surface area contributed by atoms with Gasteiger partial charge in [0, 0.05) is 51.5 Å². The molecule has 1 aliphatic carbocycles. The molecule has 0 spiro atoms. The van der Waals surface area contributed by atoms with Crippen LogP contribution in [-0.4, -0.2) is 52.4 Å². The number of hydrogen-bond acceptors (Lipinski definition) is 5. The number of fused-ring (bicyclic) bond motifs is 1. The highest BCUT2D eigenvalue weighted by molar-refractivity contribution is 5.77. The topological polar surface area (TPSA) is 78.5 Å². The van der Waals surface area contributed by atoms with Gasteiger partial charge in [-0.2, -0.15) is 0 Å². The number of ether oxygens (including phenoxy) is 1. The highest BCUT2D eigenvalue weighted by Crippen LogP contribution is 2.28. The number of carbonyl (C=O) groups excluding carboxylic acids is 1. The maximum absolute atomic E-state index is 12.9. The molecule has 0 bridgehead atoms. The van der Waals surface area contributed by atoms with Crippen LogP contribution in [0.5, 0.6) is 5.75 Å². The first-order valence-corrected chi connectivity index (χ1v) is 12.0. The van der Waals surface area contributed by atoms with Gasteiger partial charge in [-0.3, -0.25) is 14.5 Å². The first kappa shape index (κ1) is 21.9. The van der Waals surface area contributed by atoms with E-state index in [2.05, 4.69) is 34.2 Å². The normalized spacial score (nSPS) is 22.5. The molecule has 174 valence electrons. The molecule has 1 amide bonds. The number of carbonyl (C=O) groups is 1. The third-order valence-electron chi connectivity index (χ3n) is 7.21. The highest BCUT2D eigenvalue weighted by Gasteiger charge is 2.31. The lowest BCUT2D eigenvalue weighted by Crippen LogP contribution is -2.36. The number of allylic oxidation sites excluding steroid dienone is 2. The third kappa shape index (κ3) is 4.88. The molecule has 2 atom stereocenters. The molecule has 2 aliphatic heterocycles. The fourth-order valence-corrected chi connectivity index (χ4v) is 5.25. The van der Waals surface area contributed by atoms with E-state index in [9.17, 15) is 9.59 Å². The second-order valence-corrected chi connectivity index (χ2v) is 9.48. The smallest absolute Gasteiger partial charge is 0.255 e. The zero-order valence-electron chi connectivity index (χ0n) is 19.3. The van der Waals surface area contributed by atoms with Crippen LogP contribution >= 0.6 is 0 Å². The third-order valence-corrected chi connectivity index (χ3v) is 7.21. The van der Waals surface area contributed by atoms with Gasteiger partial charge in [-0.05, 0) is 42.9 Å². The number of benzene rings is 1. The summed E-state index contributed by atoms with van der Waals surface area (Å²) in [6.07, 6.45) is 8.73. The molecule has 3 aliphatic rings. The Labute approximate surface area is 194 Å². The number of aromatic amines is 1. The Morgan fingerprint density at radius 3 is 2.82 bits per heavy atom. The first-order chi connectivity index (χ1) is 16.1. The fourth-order valence-electron chi connectivity index (χ4n) is 5.25. The van der Waals surface area contributed by atoms with Gasteiger partial charge in [0.05, 0.1) is 18.4 Å². The minimum absolute atomic E-state index is 0.0321. The van der Waals surface area contributed by atoms with E-state index in [1.54, 1.807) is 7.11 Å². The Morgan fingerprint density at radius 2 is 2.06 bits per heavy atom. The van der Waals surface area contributed by atoms with Crippen molar-refractivity contribution >= 4 is 5.91 Å². The monoisotopic (exact) mass is 448 g/mol. The van der Waals surface area contributed by atoms with Crippen LogP contribution in [0.2, 0.25) is 0 Å². The summed E-state index contributed by atoms with van der Waals surface area (Å²) in [4.78, 5) is 37.8. The molecule has 0 saturated carbocycles. The number of rotatable bonds is 6. The summed E-state index contributed by atoms with van der Waals surface area (Å²) in [5, 5.41) is 0. The zero-order chi connectivity index (χ0) is 22.8. The van der Waals surface area contributed by atoms with E-state index in [1.165, 1.54) is 5.56 Å². The van der Waals surface area contributed by atoms with Gasteiger partial charge in [0.15, 0.2) is 0 Å². The zero-order valence-corrected chi connectivity index (χ0v) is 19.3. The van der Waals surface area contributed by atoms with Crippen LogP contribution < -0.4 is 10.3 Å². The van der Waals surface area contributed by atoms with E-state index in [4.69, 9.17) is 9.72 Å². The Balaban J connectivity index is 1.22. The van der Waals surface area contributed by atoms with Crippen LogP contribution in [0, 0.1) is 5.92 Å². The number of aromatic nitrogens is 2. The standard InChI is InChI=1S/C26H32N4O3/c1-33-21-8-6-19(7-9-21)15-29-12-11-23-22(17-29)26(32)28-25(27-23)20-10-13-30(16-20)24(31)14-18-4-2-3-5-18/h2,4,6-9,18,20H,3,5,10-17H2,1H3,(H,27,28,32). The molecule has 1 N–H and O–H groups in total. The average Bonchev–Trinajstić information content (AvgIpc) is 3.52. The van der Waals surface area contributed by atoms with Crippen molar-refractivity contribution in [2.75, 3.05) is 26.7 Å². The van der Waals surface area contributed by atoms with Crippen molar-refractivity contribution < 1.29 is 9.53 Å². The molecule has 2 aromatic rings. The van der Waals surface area contributed by atoms with E-state index in [1.807, 2.05) is 17.0 Å². The van der Waals surface area contributed by atoms with Gasteiger partial charge in [0.2, 0.25) is 5.91 Å². The van der Waals surface area contributed by atoms with Gasteiger partial charge >= 0.3 is 0 Å². The number of methoxy groups -OCH3 is 1. The summed E-state index contributed by atoms with van der Waals surface area (Å²) >= 11 is 0. The van der Waals surface area contributed by atoms with Crippen molar-refractivity contribution in [3.05, 3.63) is 69.4 Å². The highest BCUT2D eigenvalue weighted by atomic mass is 16.5. The summed E-state index contributed by atoms with van der Waals surface area (Å²) in [6, 6.07) is 8.06. The molecular weight excluding hydrogens is 416 g/mol. The Kier molecular flexibility index (Phi) is 6.31. The van der Waals surface area contributed by atoms with E-state index in [0.717, 1.165) is 68.1 Å². The molecular formula is C26H32N4O3. The number of amides is 1. The number of nitrogens with one attached hydrogen (secondary N) is 1. The van der Waals surface area contributed by atoms with Crippen molar-refractivity contribution in [2.45, 2.75) is 51.1 Å². The van der Waals surface area contributed by atoms with Gasteiger partial charge in [-0.25, -0.2) is 4.98 Å². The van der Waals surface area contributed by atoms with Gasteiger partial charge < -0.3 is 14.6 Å². The SMILES string of the molecule is COc1ccc(CN2CCc3nc(C4CCN(C(=O)CC5C=CCC5)C4)[nH]c(=O)c3C2)cc1. The van der Waals surface area contributed by atoms with Crippen LogP contribution in [0.1, 0.15) is 54.2 Å². The van der Waals surface area contributed by atoms with Crippen molar-refractivity contribution in [1.82, 2.24) is 19.8 Å². The molecule has 5 rings (SSSR count). The van der Waals surface area contributed by atoms with E-state index in [0.29, 0.717) is 25.4 Å². The second kappa shape index (κ2) is 9.51. The molecule has 1 aromatic carbocycles. The summed E-state index contributed by atoms with van der Waals surface area (Å²) in [7, 11) is 1.67. The Hall–Kier alpha value is -2.93. The van der Waals surface area contributed by atoms with E-state index < -0.39 is 0 Å². The summed E-state index contributed by atoms with van der Waals surface area (Å²) in [6.45, 7) is 3.67. The van der Waals surface area contributed by atoms with Gasteiger partial charge in [0.1, 0.15) is 11.6 Å². The Bertz CT molecular complexity index is 1090. The predicted octanol–water partition coefficient (Wildman–Crippen LogP) is 3.01. The molecule has 33 heavy (non-hydrogen) atoms. The van der Waals surface area contributed by atoms with Crippen molar-refractivity contribution in [3.63, 3.8) is 0 Å². The number of nitrogens with zero attached hydrogens (tertiary/aromatic N) is 3. The van der Waals surface area contributed by atoms with Gasteiger partial charge in [-0.15, -0.1) is 0 Å². The Morgan fingerprint density at radius 1 is 1.21 bits per heavy atom. The second-order valence-electron chi connectivity index (χ2n) is 9.48. The first-order valence-electron chi connectivity index (χ1n) is 12.0. The van der Waals surface area contributed by atoms with Crippen molar-refractivity contribution in [1.29, 1.82) is 0 Å². The van der Waals surface area contributed by atoms with Gasteiger partial charge in [0.25, 0.3) is 5.56 Å². The molecule has 7 nitrogen and oxygen atoms in total. The van der Waals surface area contributed by atoms with Crippen LogP contribution in [0.25, 0.3) is 0 Å². The van der Waals surface area contributed by atoms with Crippen LogP contribution in [0.3, 0.4) is 0 Å². The summed E-state index contributed by atoms with van der Waals surface area (Å²) in [5.41, 5.74) is 2.86. The van der Waals surface area contributed by atoms with Crippen molar-refractivity contribution in [2.24, 2.45) is 5.92 Å². The lowest BCUT2D eigenvalue weighted by atomic mass is 10.0. The number of hydrogen-bond donors (Lipinski definition) is 1. The van der Waals surface area contributed by atoms with Crippen LogP contribution in [-0.2, 0) is 24.3 Å². The van der Waals surface area contributed by atoms with E-state index in [-0.39, 0.29) is 17.4 Å². The van der Waals surface area contributed by atoms with Crippen LogP contribution in [0.15, 0.2) is 41.2 Å². The lowest BCUT2D eigenvalue weighted by Gasteiger charge is -2.28. The average molecular weight is 449 g/mol. The molecule has 7 heteroatoms. The quantitative estimate of drug-likeness (QED) is 0.688. The van der Waals surface area contributed by atoms with Crippen LogP contribution in [0.4, 0.5) is 0 Å². The molecule has 3 heterocycles. The van der Waals surface area contributed by atoms with E-state index >= 15 is 0 Å². The number of likely N-dealkylation sites (tertiary alicyclic amines) is 1. The largest absolute Gasteiger partial charge is 0.497 e. The molecule has 1 aromatic heterocycles. The minimum Gasteiger partial charge on any atom is -0.497 e. The molecule has 1 saturated heterocycles. The van der Waals surface area contributed by atoms with Crippen molar-refractivity contribution in [3.8, 4) is 5.75 Å². The predicted molar refractivity (Wildman–Crippen MR) is 126 cm³/mol. The molecule has 1 fully saturated rings. The molecule has 0 radical (unpaired) electrons. The maximum Gasteiger partial charge on any atom is 0.255 e. The fraction of sp³-hybridized carbons (Fsp3) is 0.500. The number of H-pyrrole nitrogens is 1. The summed E-state index contributed by atoms with van der Waals surface area (Å²) in [5.74, 6) is 2.32. The summed E-state index contributed by atoms with van der Waals surface area (Å²) < 4.78 is 5.23. The minimum atomic E-state index is -0.0321.